The fourth-order valence-electron chi connectivity index (χ4n) is 5.99. The van der Waals surface area contributed by atoms with Crippen LogP contribution in [0.2, 0.25) is 5.02 Å². The van der Waals surface area contributed by atoms with Crippen molar-refractivity contribution >= 4 is 23.3 Å². The van der Waals surface area contributed by atoms with Crippen molar-refractivity contribution in [3.8, 4) is 11.6 Å². The lowest BCUT2D eigenvalue weighted by molar-refractivity contribution is 0.0507. The van der Waals surface area contributed by atoms with Crippen LogP contribution in [0, 0.1) is 6.92 Å². The SMILES string of the molecule is CCNc1nnc(-c2ccc(N3C[C@H](CC)N(C4CCN(Cc5ccc(Cl)cc5)CC4)C[C@H]3C)c(C)n2)o1. The Morgan fingerprint density at radius 2 is 1.79 bits per heavy atom. The summed E-state index contributed by atoms with van der Waals surface area (Å²) in [5.41, 5.74) is 4.25. The van der Waals surface area contributed by atoms with Crippen LogP contribution < -0.4 is 10.2 Å². The molecule has 0 unspecified atom stereocenters. The molecule has 1 N–H and O–H groups in total. The van der Waals surface area contributed by atoms with Gasteiger partial charge in [-0.15, -0.1) is 5.10 Å². The summed E-state index contributed by atoms with van der Waals surface area (Å²) >= 11 is 6.06. The molecule has 204 valence electrons. The average Bonchev–Trinajstić information content (AvgIpc) is 3.39. The van der Waals surface area contributed by atoms with Crippen LogP contribution >= 0.6 is 11.6 Å². The molecule has 38 heavy (non-hydrogen) atoms. The predicted octanol–water partition coefficient (Wildman–Crippen LogP) is 5.48. The number of halogens is 1. The topological polar surface area (TPSA) is 73.6 Å². The molecule has 9 heteroatoms. The smallest absolute Gasteiger partial charge is 0.315 e. The van der Waals surface area contributed by atoms with Gasteiger partial charge in [-0.3, -0.25) is 9.80 Å². The standard InChI is InChI=1S/C29H40ClN7O/c1-5-24-19-36(27-12-11-26(32-21(27)4)28-33-34-29(38-28)31-6-2)20(3)17-37(24)25-13-15-35(16-14-25)18-22-7-9-23(30)10-8-22/h7-12,20,24-25H,5-6,13-19H2,1-4H3,(H,31,34)/t20-,24+/m1/s1. The fourth-order valence-corrected chi connectivity index (χ4v) is 6.12. The van der Waals surface area contributed by atoms with E-state index in [-0.39, 0.29) is 0 Å². The first-order valence-electron chi connectivity index (χ1n) is 14.0. The van der Waals surface area contributed by atoms with Crippen LogP contribution in [0.4, 0.5) is 11.7 Å². The summed E-state index contributed by atoms with van der Waals surface area (Å²) < 4.78 is 5.71. The van der Waals surface area contributed by atoms with Crippen molar-refractivity contribution in [2.24, 2.45) is 0 Å². The summed E-state index contributed by atoms with van der Waals surface area (Å²) in [4.78, 5) is 12.8. The summed E-state index contributed by atoms with van der Waals surface area (Å²) in [6.45, 7) is 14.9. The molecule has 2 aliphatic rings. The Kier molecular flexibility index (Phi) is 8.51. The molecule has 5 rings (SSSR count). The van der Waals surface area contributed by atoms with Crippen molar-refractivity contribution < 1.29 is 4.42 Å². The summed E-state index contributed by atoms with van der Waals surface area (Å²) in [6, 6.07) is 14.5. The molecule has 4 heterocycles. The Bertz CT molecular complexity index is 1190. The molecule has 0 amide bonds. The minimum atomic E-state index is 0.417. The third kappa shape index (κ3) is 5.98. The van der Waals surface area contributed by atoms with Gasteiger partial charge in [0.1, 0.15) is 5.69 Å². The highest BCUT2D eigenvalue weighted by atomic mass is 35.5. The van der Waals surface area contributed by atoms with Gasteiger partial charge in [-0.2, -0.15) is 0 Å². The number of nitrogens with one attached hydrogen (secondary N) is 1. The van der Waals surface area contributed by atoms with Gasteiger partial charge in [0, 0.05) is 49.3 Å². The highest BCUT2D eigenvalue weighted by Crippen LogP contribution is 2.32. The number of nitrogens with zero attached hydrogens (tertiary/aromatic N) is 6. The number of rotatable bonds is 8. The van der Waals surface area contributed by atoms with Gasteiger partial charge in [0.2, 0.25) is 0 Å². The van der Waals surface area contributed by atoms with Gasteiger partial charge in [0.25, 0.3) is 5.89 Å². The Morgan fingerprint density at radius 3 is 2.47 bits per heavy atom. The monoisotopic (exact) mass is 537 g/mol. The van der Waals surface area contributed by atoms with Crippen molar-refractivity contribution in [2.75, 3.05) is 42.9 Å². The predicted molar refractivity (Wildman–Crippen MR) is 154 cm³/mol. The van der Waals surface area contributed by atoms with Gasteiger partial charge in [-0.25, -0.2) is 4.98 Å². The van der Waals surface area contributed by atoms with Crippen molar-refractivity contribution in [3.63, 3.8) is 0 Å². The zero-order valence-electron chi connectivity index (χ0n) is 23.0. The minimum absolute atomic E-state index is 0.417. The maximum atomic E-state index is 6.06. The van der Waals surface area contributed by atoms with Crippen molar-refractivity contribution in [1.29, 1.82) is 0 Å². The molecular weight excluding hydrogens is 498 g/mol. The van der Waals surface area contributed by atoms with E-state index in [2.05, 4.69) is 69.2 Å². The summed E-state index contributed by atoms with van der Waals surface area (Å²) in [5.74, 6) is 0.447. The number of hydrogen-bond donors (Lipinski definition) is 1. The van der Waals surface area contributed by atoms with Gasteiger partial charge in [0.15, 0.2) is 0 Å². The quantitative estimate of drug-likeness (QED) is 0.405. The Labute approximate surface area is 231 Å². The van der Waals surface area contributed by atoms with E-state index in [0.29, 0.717) is 35.7 Å². The van der Waals surface area contributed by atoms with Crippen molar-refractivity contribution in [3.05, 3.63) is 52.7 Å². The van der Waals surface area contributed by atoms with E-state index in [1.165, 1.54) is 24.1 Å². The number of anilines is 2. The van der Waals surface area contributed by atoms with Crippen LogP contribution in [0.3, 0.4) is 0 Å². The van der Waals surface area contributed by atoms with E-state index in [1.54, 1.807) is 0 Å². The molecule has 2 aliphatic heterocycles. The first-order chi connectivity index (χ1) is 18.4. The molecule has 2 aromatic heterocycles. The van der Waals surface area contributed by atoms with Gasteiger partial charge in [-0.1, -0.05) is 35.8 Å². The average molecular weight is 538 g/mol. The number of aryl methyl sites for hydroxylation is 1. The number of piperidine rings is 1. The van der Waals surface area contributed by atoms with Gasteiger partial charge >= 0.3 is 6.01 Å². The summed E-state index contributed by atoms with van der Waals surface area (Å²) in [7, 11) is 0. The van der Waals surface area contributed by atoms with Gasteiger partial charge < -0.3 is 14.6 Å². The zero-order valence-corrected chi connectivity index (χ0v) is 23.8. The number of likely N-dealkylation sites (tertiary alicyclic amines) is 1. The lowest BCUT2D eigenvalue weighted by Crippen LogP contribution is -2.61. The first kappa shape index (κ1) is 26.9. The van der Waals surface area contributed by atoms with Crippen molar-refractivity contribution in [2.45, 2.75) is 71.6 Å². The highest BCUT2D eigenvalue weighted by molar-refractivity contribution is 6.30. The summed E-state index contributed by atoms with van der Waals surface area (Å²) in [5, 5.41) is 12.1. The minimum Gasteiger partial charge on any atom is -0.402 e. The first-order valence-corrected chi connectivity index (χ1v) is 14.4. The maximum absolute atomic E-state index is 6.06. The number of pyridine rings is 1. The van der Waals surface area contributed by atoms with E-state index < -0.39 is 0 Å². The molecule has 2 atom stereocenters. The van der Waals surface area contributed by atoms with Crippen LogP contribution in [0.15, 0.2) is 40.8 Å². The molecule has 0 bridgehead atoms. The molecule has 0 saturated carbocycles. The highest BCUT2D eigenvalue weighted by Gasteiger charge is 2.36. The van der Waals surface area contributed by atoms with E-state index in [4.69, 9.17) is 21.0 Å². The second-order valence-electron chi connectivity index (χ2n) is 10.6. The van der Waals surface area contributed by atoms with E-state index in [0.717, 1.165) is 56.4 Å². The number of aromatic nitrogens is 3. The Morgan fingerprint density at radius 1 is 1.03 bits per heavy atom. The molecule has 2 fully saturated rings. The summed E-state index contributed by atoms with van der Waals surface area (Å²) in [6.07, 6.45) is 3.60. The molecule has 0 spiro atoms. The molecule has 0 aliphatic carbocycles. The number of hydrogen-bond acceptors (Lipinski definition) is 8. The van der Waals surface area contributed by atoms with Gasteiger partial charge in [-0.05, 0) is 83.0 Å². The Hall–Kier alpha value is -2.68. The molecule has 3 aromatic rings. The normalized spacial score (nSPS) is 21.7. The van der Waals surface area contributed by atoms with Crippen LogP contribution in [0.5, 0.6) is 0 Å². The van der Waals surface area contributed by atoms with E-state index in [1.807, 2.05) is 25.1 Å². The van der Waals surface area contributed by atoms with Crippen LogP contribution in [-0.2, 0) is 6.54 Å². The largest absolute Gasteiger partial charge is 0.402 e. The van der Waals surface area contributed by atoms with Crippen LogP contribution in [0.25, 0.3) is 11.6 Å². The molecule has 2 saturated heterocycles. The second-order valence-corrected chi connectivity index (χ2v) is 11.1. The third-order valence-corrected chi connectivity index (χ3v) is 8.29. The lowest BCUT2D eigenvalue weighted by Gasteiger charge is -2.51. The number of piperazine rings is 1. The lowest BCUT2D eigenvalue weighted by atomic mass is 9.95. The Balaban J connectivity index is 1.21. The van der Waals surface area contributed by atoms with Crippen molar-refractivity contribution in [1.82, 2.24) is 25.0 Å². The van der Waals surface area contributed by atoms with E-state index in [9.17, 15) is 0 Å². The van der Waals surface area contributed by atoms with E-state index >= 15 is 0 Å². The van der Waals surface area contributed by atoms with Crippen LogP contribution in [0.1, 0.15) is 51.3 Å². The van der Waals surface area contributed by atoms with Gasteiger partial charge in [0.05, 0.1) is 11.4 Å². The molecule has 0 radical (unpaired) electrons. The second kappa shape index (κ2) is 12.0. The fraction of sp³-hybridized carbons (Fsp3) is 0.552. The van der Waals surface area contributed by atoms with Crippen LogP contribution in [-0.4, -0.2) is 75.8 Å². The third-order valence-electron chi connectivity index (χ3n) is 8.04. The molecule has 8 nitrogen and oxygen atoms in total. The number of benzene rings is 1. The molecular formula is C29H40ClN7O. The molecule has 1 aromatic carbocycles. The zero-order chi connectivity index (χ0) is 26.6. The maximum Gasteiger partial charge on any atom is 0.315 e.